The van der Waals surface area contributed by atoms with Gasteiger partial charge in [-0.3, -0.25) is 0 Å². The molecule has 2 heterocycles. The van der Waals surface area contributed by atoms with Crippen molar-refractivity contribution in [3.63, 3.8) is 0 Å². The van der Waals surface area contributed by atoms with Crippen LogP contribution in [0.4, 0.5) is 5.82 Å². The molecule has 1 atom stereocenters. The minimum absolute atomic E-state index is 0.428. The first kappa shape index (κ1) is 11.5. The molecule has 0 radical (unpaired) electrons. The molecule has 16 heavy (non-hydrogen) atoms. The standard InChI is InChI=1S/C10H9Cl2N3O/c11-7-3-9(12)10(14-5-7)15-1-2-16-8(4-13)6-15/h3,5,8H,1-2,6H2. The highest BCUT2D eigenvalue weighted by molar-refractivity contribution is 6.36. The summed E-state index contributed by atoms with van der Waals surface area (Å²) in [5.74, 6) is 0.648. The molecular weight excluding hydrogens is 249 g/mol. The molecule has 0 saturated carbocycles. The fraction of sp³-hybridized carbons (Fsp3) is 0.400. The Morgan fingerprint density at radius 2 is 2.38 bits per heavy atom. The number of nitrogens with zero attached hydrogens (tertiary/aromatic N) is 3. The van der Waals surface area contributed by atoms with Crippen LogP contribution in [0, 0.1) is 11.3 Å². The Labute approximate surface area is 103 Å². The van der Waals surface area contributed by atoms with Crippen LogP contribution < -0.4 is 4.90 Å². The lowest BCUT2D eigenvalue weighted by molar-refractivity contribution is 0.0761. The summed E-state index contributed by atoms with van der Waals surface area (Å²) in [5, 5.41) is 9.78. The predicted octanol–water partition coefficient (Wildman–Crippen LogP) is 2.12. The maximum Gasteiger partial charge on any atom is 0.161 e. The van der Waals surface area contributed by atoms with Gasteiger partial charge in [0, 0.05) is 12.7 Å². The van der Waals surface area contributed by atoms with Crippen molar-refractivity contribution in [1.29, 1.82) is 5.26 Å². The molecular formula is C10H9Cl2N3O. The molecule has 1 unspecified atom stereocenters. The first-order valence-corrected chi connectivity index (χ1v) is 5.53. The first-order chi connectivity index (χ1) is 7.70. The highest BCUT2D eigenvalue weighted by Crippen LogP contribution is 2.27. The number of ether oxygens (including phenoxy) is 1. The summed E-state index contributed by atoms with van der Waals surface area (Å²) in [5.41, 5.74) is 0. The number of nitriles is 1. The van der Waals surface area contributed by atoms with Gasteiger partial charge in [0.1, 0.15) is 5.82 Å². The Hall–Kier alpha value is -1.02. The lowest BCUT2D eigenvalue weighted by atomic mass is 10.3. The van der Waals surface area contributed by atoms with Gasteiger partial charge in [0.25, 0.3) is 0 Å². The summed E-state index contributed by atoms with van der Waals surface area (Å²) in [6, 6.07) is 3.71. The monoisotopic (exact) mass is 257 g/mol. The van der Waals surface area contributed by atoms with Gasteiger partial charge >= 0.3 is 0 Å². The highest BCUT2D eigenvalue weighted by atomic mass is 35.5. The Morgan fingerprint density at radius 1 is 1.56 bits per heavy atom. The Morgan fingerprint density at radius 3 is 3.06 bits per heavy atom. The minimum atomic E-state index is -0.428. The van der Waals surface area contributed by atoms with Gasteiger partial charge in [-0.25, -0.2) is 4.98 Å². The van der Waals surface area contributed by atoms with Crippen molar-refractivity contribution in [3.8, 4) is 6.07 Å². The van der Waals surface area contributed by atoms with E-state index < -0.39 is 6.10 Å². The molecule has 2 rings (SSSR count). The quantitative estimate of drug-likeness (QED) is 0.774. The molecule has 0 amide bonds. The van der Waals surface area contributed by atoms with Crippen LogP contribution in [0.25, 0.3) is 0 Å². The van der Waals surface area contributed by atoms with E-state index in [1.165, 1.54) is 0 Å². The van der Waals surface area contributed by atoms with Gasteiger partial charge in [-0.1, -0.05) is 23.2 Å². The molecule has 1 fully saturated rings. The van der Waals surface area contributed by atoms with E-state index in [4.69, 9.17) is 33.2 Å². The third-order valence-electron chi connectivity index (χ3n) is 2.30. The van der Waals surface area contributed by atoms with Gasteiger partial charge in [-0.05, 0) is 6.07 Å². The first-order valence-electron chi connectivity index (χ1n) is 4.78. The highest BCUT2D eigenvalue weighted by Gasteiger charge is 2.22. The van der Waals surface area contributed by atoms with Crippen molar-refractivity contribution in [2.45, 2.75) is 6.10 Å². The van der Waals surface area contributed by atoms with Gasteiger partial charge in [-0.2, -0.15) is 5.26 Å². The zero-order valence-electron chi connectivity index (χ0n) is 8.36. The molecule has 1 aliphatic heterocycles. The molecule has 1 saturated heterocycles. The molecule has 1 aromatic rings. The summed E-state index contributed by atoms with van der Waals surface area (Å²) < 4.78 is 5.24. The van der Waals surface area contributed by atoms with Crippen molar-refractivity contribution in [1.82, 2.24) is 4.98 Å². The Bertz CT molecular complexity index is 433. The van der Waals surface area contributed by atoms with Crippen LogP contribution >= 0.6 is 23.2 Å². The number of pyridine rings is 1. The van der Waals surface area contributed by atoms with Crippen molar-refractivity contribution in [3.05, 3.63) is 22.3 Å². The number of hydrogen-bond donors (Lipinski definition) is 0. The Kier molecular flexibility index (Phi) is 3.49. The number of anilines is 1. The summed E-state index contributed by atoms with van der Waals surface area (Å²) >= 11 is 11.8. The summed E-state index contributed by atoms with van der Waals surface area (Å²) in [6.07, 6.45) is 1.11. The van der Waals surface area contributed by atoms with Crippen molar-refractivity contribution < 1.29 is 4.74 Å². The topological polar surface area (TPSA) is 49.2 Å². The third kappa shape index (κ3) is 2.38. The smallest absolute Gasteiger partial charge is 0.161 e. The molecule has 6 heteroatoms. The Balaban J connectivity index is 2.20. The van der Waals surface area contributed by atoms with Crippen LogP contribution in [0.5, 0.6) is 0 Å². The zero-order chi connectivity index (χ0) is 11.5. The second kappa shape index (κ2) is 4.88. The maximum absolute atomic E-state index is 8.79. The van der Waals surface area contributed by atoms with Crippen molar-refractivity contribution in [2.24, 2.45) is 0 Å². The van der Waals surface area contributed by atoms with Gasteiger partial charge in [0.15, 0.2) is 6.10 Å². The fourth-order valence-corrected chi connectivity index (χ4v) is 2.06. The average molecular weight is 258 g/mol. The third-order valence-corrected chi connectivity index (χ3v) is 2.78. The van der Waals surface area contributed by atoms with E-state index in [9.17, 15) is 0 Å². The molecule has 0 N–H and O–H groups in total. The van der Waals surface area contributed by atoms with E-state index >= 15 is 0 Å². The molecule has 0 aliphatic carbocycles. The predicted molar refractivity (Wildman–Crippen MR) is 61.8 cm³/mol. The van der Waals surface area contributed by atoms with Gasteiger partial charge in [-0.15, -0.1) is 0 Å². The van der Waals surface area contributed by atoms with Crippen molar-refractivity contribution in [2.75, 3.05) is 24.6 Å². The second-order valence-corrected chi connectivity index (χ2v) is 4.24. The van der Waals surface area contributed by atoms with Crippen LogP contribution in [0.2, 0.25) is 10.0 Å². The number of aromatic nitrogens is 1. The lowest BCUT2D eigenvalue weighted by Crippen LogP contribution is -2.42. The van der Waals surface area contributed by atoms with Gasteiger partial charge in [0.2, 0.25) is 0 Å². The SMILES string of the molecule is N#CC1CN(c2ncc(Cl)cc2Cl)CCO1. The van der Waals surface area contributed by atoms with E-state index in [1.807, 2.05) is 4.90 Å². The van der Waals surface area contributed by atoms with Crippen molar-refractivity contribution >= 4 is 29.0 Å². The van der Waals surface area contributed by atoms with Crippen LogP contribution in [0.15, 0.2) is 12.3 Å². The largest absolute Gasteiger partial charge is 0.360 e. The molecule has 1 aromatic heterocycles. The summed E-state index contributed by atoms with van der Waals surface area (Å²) in [6.45, 7) is 1.65. The van der Waals surface area contributed by atoms with Gasteiger partial charge < -0.3 is 9.64 Å². The summed E-state index contributed by atoms with van der Waals surface area (Å²) in [7, 11) is 0. The zero-order valence-corrected chi connectivity index (χ0v) is 9.87. The molecule has 1 aliphatic rings. The van der Waals surface area contributed by atoms with E-state index in [2.05, 4.69) is 11.1 Å². The number of hydrogen-bond acceptors (Lipinski definition) is 4. The fourth-order valence-electron chi connectivity index (χ4n) is 1.56. The molecule has 0 aromatic carbocycles. The number of morpholine rings is 1. The number of rotatable bonds is 1. The van der Waals surface area contributed by atoms with Crippen LogP contribution in [-0.4, -0.2) is 30.8 Å². The molecule has 0 spiro atoms. The number of halogens is 2. The molecule has 84 valence electrons. The second-order valence-electron chi connectivity index (χ2n) is 3.39. The van der Waals surface area contributed by atoms with Crippen LogP contribution in [-0.2, 0) is 4.74 Å². The molecule has 4 nitrogen and oxygen atoms in total. The van der Waals surface area contributed by atoms with E-state index in [-0.39, 0.29) is 0 Å². The normalized spacial score (nSPS) is 20.6. The van der Waals surface area contributed by atoms with Crippen LogP contribution in [0.3, 0.4) is 0 Å². The molecule has 0 bridgehead atoms. The van der Waals surface area contributed by atoms with E-state index in [0.29, 0.717) is 35.6 Å². The minimum Gasteiger partial charge on any atom is -0.360 e. The maximum atomic E-state index is 8.79. The van der Waals surface area contributed by atoms with Crippen LogP contribution in [0.1, 0.15) is 0 Å². The lowest BCUT2D eigenvalue weighted by Gasteiger charge is -2.31. The van der Waals surface area contributed by atoms with E-state index in [1.54, 1.807) is 12.3 Å². The van der Waals surface area contributed by atoms with E-state index in [0.717, 1.165) is 0 Å². The summed E-state index contributed by atoms with van der Waals surface area (Å²) in [4.78, 5) is 6.09. The van der Waals surface area contributed by atoms with Gasteiger partial charge in [0.05, 0.1) is 29.3 Å². The average Bonchev–Trinajstić information content (AvgIpc) is 2.29.